The molecule has 1 fully saturated rings. The standard InChI is InChI=1S/C19H18O3/c20-11-19-17(21)10-18(22-19)16-9-12-5-1-2-6-13(12)14-7-3-4-8-15(14)16/h1-9,17-21H,10-11H2/t17?,18-,19+/m0/s1. The Morgan fingerprint density at radius 3 is 2.36 bits per heavy atom. The van der Waals surface area contributed by atoms with Gasteiger partial charge in [0.2, 0.25) is 0 Å². The fourth-order valence-corrected chi connectivity index (χ4v) is 3.44. The Balaban J connectivity index is 1.93. The van der Waals surface area contributed by atoms with Crippen LogP contribution >= 0.6 is 0 Å². The number of hydrogen-bond acceptors (Lipinski definition) is 3. The number of fused-ring (bicyclic) bond motifs is 3. The summed E-state index contributed by atoms with van der Waals surface area (Å²) in [4.78, 5) is 0. The van der Waals surface area contributed by atoms with Gasteiger partial charge in [-0.05, 0) is 33.2 Å². The lowest BCUT2D eigenvalue weighted by Gasteiger charge is -2.16. The molecule has 0 aromatic heterocycles. The summed E-state index contributed by atoms with van der Waals surface area (Å²) in [6.45, 7) is -0.150. The fourth-order valence-electron chi connectivity index (χ4n) is 3.44. The van der Waals surface area contributed by atoms with Crippen molar-refractivity contribution in [3.8, 4) is 0 Å². The summed E-state index contributed by atoms with van der Waals surface area (Å²) in [5.74, 6) is 0. The first-order chi connectivity index (χ1) is 10.8. The van der Waals surface area contributed by atoms with Crippen LogP contribution in [0.1, 0.15) is 18.1 Å². The third-order valence-corrected chi connectivity index (χ3v) is 4.55. The highest BCUT2D eigenvalue weighted by atomic mass is 16.5. The van der Waals surface area contributed by atoms with E-state index in [2.05, 4.69) is 30.3 Å². The average molecular weight is 294 g/mol. The third-order valence-electron chi connectivity index (χ3n) is 4.55. The molecule has 3 heteroatoms. The summed E-state index contributed by atoms with van der Waals surface area (Å²) >= 11 is 0. The molecule has 22 heavy (non-hydrogen) atoms. The van der Waals surface area contributed by atoms with Crippen LogP contribution in [0.2, 0.25) is 0 Å². The second kappa shape index (κ2) is 5.36. The van der Waals surface area contributed by atoms with E-state index in [4.69, 9.17) is 4.74 Å². The van der Waals surface area contributed by atoms with Gasteiger partial charge in [-0.25, -0.2) is 0 Å². The highest BCUT2D eigenvalue weighted by molar-refractivity contribution is 6.09. The van der Waals surface area contributed by atoms with E-state index in [9.17, 15) is 10.2 Å². The maximum atomic E-state index is 10.0. The molecule has 0 spiro atoms. The van der Waals surface area contributed by atoms with Gasteiger partial charge in [-0.15, -0.1) is 0 Å². The highest BCUT2D eigenvalue weighted by Gasteiger charge is 2.35. The van der Waals surface area contributed by atoms with Crippen LogP contribution in [-0.4, -0.2) is 29.0 Å². The quantitative estimate of drug-likeness (QED) is 0.714. The number of aliphatic hydroxyl groups excluding tert-OH is 2. The van der Waals surface area contributed by atoms with Crippen molar-refractivity contribution in [2.75, 3.05) is 6.61 Å². The SMILES string of the molecule is OC[C@H]1O[C@H](c2cc3ccccc3c3ccccc23)CC1O. The predicted molar refractivity (Wildman–Crippen MR) is 86.8 cm³/mol. The lowest BCUT2D eigenvalue weighted by Crippen LogP contribution is -2.24. The van der Waals surface area contributed by atoms with Gasteiger partial charge in [-0.1, -0.05) is 48.5 Å². The van der Waals surface area contributed by atoms with E-state index >= 15 is 0 Å². The molecule has 3 nitrogen and oxygen atoms in total. The maximum absolute atomic E-state index is 10.0. The Labute approximate surface area is 128 Å². The predicted octanol–water partition coefficient (Wildman–Crippen LogP) is 3.18. The molecule has 3 aromatic carbocycles. The van der Waals surface area contributed by atoms with Crippen molar-refractivity contribution in [2.45, 2.75) is 24.7 Å². The Hall–Kier alpha value is -1.94. The molecule has 1 aliphatic heterocycles. The zero-order valence-corrected chi connectivity index (χ0v) is 12.1. The van der Waals surface area contributed by atoms with Crippen molar-refractivity contribution in [2.24, 2.45) is 0 Å². The normalized spacial score (nSPS) is 25.1. The fraction of sp³-hybridized carbons (Fsp3) is 0.263. The molecule has 3 atom stereocenters. The highest BCUT2D eigenvalue weighted by Crippen LogP contribution is 2.39. The summed E-state index contributed by atoms with van der Waals surface area (Å²) in [6.07, 6.45) is -0.759. The smallest absolute Gasteiger partial charge is 0.107 e. The topological polar surface area (TPSA) is 49.7 Å². The van der Waals surface area contributed by atoms with E-state index in [1.807, 2.05) is 24.3 Å². The van der Waals surface area contributed by atoms with Crippen molar-refractivity contribution in [3.05, 3.63) is 60.2 Å². The van der Waals surface area contributed by atoms with Crippen molar-refractivity contribution >= 4 is 21.5 Å². The van der Waals surface area contributed by atoms with Crippen LogP contribution in [0.3, 0.4) is 0 Å². The minimum atomic E-state index is -0.611. The van der Waals surface area contributed by atoms with Crippen LogP contribution in [-0.2, 0) is 4.74 Å². The monoisotopic (exact) mass is 294 g/mol. The molecule has 1 aliphatic rings. The molecule has 0 amide bonds. The molecule has 4 rings (SSSR count). The number of hydrogen-bond donors (Lipinski definition) is 2. The van der Waals surface area contributed by atoms with Gasteiger partial charge in [-0.3, -0.25) is 0 Å². The second-order valence-corrected chi connectivity index (χ2v) is 5.88. The zero-order chi connectivity index (χ0) is 15.1. The van der Waals surface area contributed by atoms with Crippen LogP contribution in [0.15, 0.2) is 54.6 Å². The van der Waals surface area contributed by atoms with E-state index in [1.54, 1.807) is 0 Å². The van der Waals surface area contributed by atoms with E-state index in [0.29, 0.717) is 6.42 Å². The molecule has 0 saturated carbocycles. The molecular weight excluding hydrogens is 276 g/mol. The van der Waals surface area contributed by atoms with Crippen LogP contribution in [0.25, 0.3) is 21.5 Å². The lowest BCUT2D eigenvalue weighted by molar-refractivity contribution is -0.0221. The van der Waals surface area contributed by atoms with Crippen LogP contribution in [0.4, 0.5) is 0 Å². The molecule has 3 aromatic rings. The first-order valence-electron chi connectivity index (χ1n) is 7.62. The van der Waals surface area contributed by atoms with Gasteiger partial charge < -0.3 is 14.9 Å². The molecule has 1 unspecified atom stereocenters. The number of benzene rings is 3. The molecular formula is C19H18O3. The Bertz CT molecular complexity index is 827. The van der Waals surface area contributed by atoms with Crippen molar-refractivity contribution in [1.29, 1.82) is 0 Å². The number of rotatable bonds is 2. The van der Waals surface area contributed by atoms with Gasteiger partial charge >= 0.3 is 0 Å². The number of ether oxygens (including phenoxy) is 1. The van der Waals surface area contributed by atoms with Crippen molar-refractivity contribution < 1.29 is 14.9 Å². The van der Waals surface area contributed by atoms with E-state index in [-0.39, 0.29) is 12.7 Å². The van der Waals surface area contributed by atoms with Gasteiger partial charge in [0.05, 0.1) is 18.8 Å². The Morgan fingerprint density at radius 1 is 0.955 bits per heavy atom. The van der Waals surface area contributed by atoms with E-state index in [0.717, 1.165) is 10.9 Å². The third kappa shape index (κ3) is 2.10. The van der Waals surface area contributed by atoms with Crippen molar-refractivity contribution in [3.63, 3.8) is 0 Å². The second-order valence-electron chi connectivity index (χ2n) is 5.88. The van der Waals surface area contributed by atoms with Gasteiger partial charge in [0.1, 0.15) is 6.10 Å². The molecule has 2 N–H and O–H groups in total. The molecule has 112 valence electrons. The first kappa shape index (κ1) is 13.7. The molecule has 1 heterocycles. The largest absolute Gasteiger partial charge is 0.394 e. The van der Waals surface area contributed by atoms with Crippen LogP contribution in [0.5, 0.6) is 0 Å². The van der Waals surface area contributed by atoms with Gasteiger partial charge in [0.25, 0.3) is 0 Å². The van der Waals surface area contributed by atoms with Crippen LogP contribution in [0, 0.1) is 0 Å². The summed E-state index contributed by atoms with van der Waals surface area (Å²) in [5.41, 5.74) is 1.09. The number of aliphatic hydroxyl groups is 2. The summed E-state index contributed by atoms with van der Waals surface area (Å²) < 4.78 is 5.87. The van der Waals surface area contributed by atoms with E-state index < -0.39 is 12.2 Å². The van der Waals surface area contributed by atoms with Gasteiger partial charge in [-0.2, -0.15) is 0 Å². The zero-order valence-electron chi connectivity index (χ0n) is 12.1. The molecule has 0 radical (unpaired) electrons. The Morgan fingerprint density at radius 2 is 1.64 bits per heavy atom. The van der Waals surface area contributed by atoms with Crippen LogP contribution < -0.4 is 0 Å². The van der Waals surface area contributed by atoms with E-state index in [1.165, 1.54) is 16.2 Å². The maximum Gasteiger partial charge on any atom is 0.107 e. The summed E-state index contributed by atoms with van der Waals surface area (Å²) in [5, 5.41) is 24.1. The van der Waals surface area contributed by atoms with Gasteiger partial charge in [0.15, 0.2) is 0 Å². The molecule has 1 saturated heterocycles. The van der Waals surface area contributed by atoms with Gasteiger partial charge in [0, 0.05) is 6.42 Å². The van der Waals surface area contributed by atoms with Crippen molar-refractivity contribution in [1.82, 2.24) is 0 Å². The molecule has 0 bridgehead atoms. The first-order valence-corrected chi connectivity index (χ1v) is 7.62. The minimum absolute atomic E-state index is 0.150. The lowest BCUT2D eigenvalue weighted by atomic mass is 9.93. The molecule has 0 aliphatic carbocycles. The average Bonchev–Trinajstić information content (AvgIpc) is 2.95. The summed E-state index contributed by atoms with van der Waals surface area (Å²) in [7, 11) is 0. The Kier molecular flexibility index (Phi) is 3.34. The summed E-state index contributed by atoms with van der Waals surface area (Å²) in [6, 6.07) is 18.7. The minimum Gasteiger partial charge on any atom is -0.394 e.